The molecule has 0 saturated heterocycles. The third-order valence-electron chi connectivity index (χ3n) is 2.49. The van der Waals surface area contributed by atoms with Crippen molar-refractivity contribution in [2.45, 2.75) is 4.90 Å². The molecule has 1 aromatic carbocycles. The van der Waals surface area contributed by atoms with E-state index in [9.17, 15) is 16.8 Å². The van der Waals surface area contributed by atoms with Crippen molar-refractivity contribution in [2.24, 2.45) is 0 Å². The molecule has 3 N–H and O–H groups in total. The highest BCUT2D eigenvalue weighted by Gasteiger charge is 2.18. The van der Waals surface area contributed by atoms with Crippen LogP contribution >= 0.6 is 11.6 Å². The maximum absolute atomic E-state index is 11.9. The third-order valence-corrected chi connectivity index (χ3v) is 6.12. The molecule has 0 fully saturated rings. The molecule has 0 aliphatic carbocycles. The van der Waals surface area contributed by atoms with Crippen molar-refractivity contribution in [3.8, 4) is 0 Å². The molecule has 0 atom stereocenters. The average molecular weight is 342 g/mol. The Kier molecular flexibility index (Phi) is 5.39. The highest BCUT2D eigenvalue weighted by Crippen LogP contribution is 2.21. The van der Waals surface area contributed by atoms with Gasteiger partial charge in [-0.3, -0.25) is 0 Å². The second kappa shape index (κ2) is 6.27. The van der Waals surface area contributed by atoms with Gasteiger partial charge >= 0.3 is 0 Å². The SMILES string of the molecule is CN(C)S(=O)(=O)CCNS(=O)(=O)c1ccc(Cl)c(N)c1. The molecule has 0 radical (unpaired) electrons. The first kappa shape index (κ1) is 17.2. The molecule has 0 aromatic heterocycles. The van der Waals surface area contributed by atoms with Crippen LogP contribution in [0.3, 0.4) is 0 Å². The van der Waals surface area contributed by atoms with Crippen LogP contribution in [0.15, 0.2) is 23.1 Å². The Morgan fingerprint density at radius 3 is 2.35 bits per heavy atom. The number of nitrogens with one attached hydrogen (secondary N) is 1. The zero-order chi connectivity index (χ0) is 15.6. The van der Waals surface area contributed by atoms with Gasteiger partial charge in [0, 0.05) is 20.6 Å². The standard InChI is InChI=1S/C10H16ClN3O4S2/c1-14(2)19(15,16)6-5-13-20(17,18)8-3-4-9(11)10(12)7-8/h3-4,7,13H,5-6,12H2,1-2H3. The smallest absolute Gasteiger partial charge is 0.240 e. The summed E-state index contributed by atoms with van der Waals surface area (Å²) in [5, 5.41) is 0.249. The van der Waals surface area contributed by atoms with Crippen LogP contribution in [0.25, 0.3) is 0 Å². The highest BCUT2D eigenvalue weighted by molar-refractivity contribution is 7.90. The van der Waals surface area contributed by atoms with Gasteiger partial charge in [0.05, 0.1) is 21.4 Å². The molecule has 1 aromatic rings. The lowest BCUT2D eigenvalue weighted by Crippen LogP contribution is -2.33. The molecule has 0 spiro atoms. The molecule has 0 aliphatic rings. The second-order valence-electron chi connectivity index (χ2n) is 4.18. The number of sulfonamides is 2. The van der Waals surface area contributed by atoms with Gasteiger partial charge in [0.1, 0.15) is 0 Å². The minimum absolute atomic E-state index is 0.0679. The third kappa shape index (κ3) is 4.32. The normalized spacial score (nSPS) is 12.8. The van der Waals surface area contributed by atoms with E-state index in [1.54, 1.807) is 0 Å². The molecular weight excluding hydrogens is 326 g/mol. The number of nitrogen functional groups attached to an aromatic ring is 1. The maximum atomic E-state index is 11.9. The van der Waals surface area contributed by atoms with E-state index in [-0.39, 0.29) is 27.9 Å². The Labute approximate surface area is 123 Å². The molecule has 0 heterocycles. The first-order valence-electron chi connectivity index (χ1n) is 5.51. The number of anilines is 1. The highest BCUT2D eigenvalue weighted by atomic mass is 35.5. The number of nitrogens with two attached hydrogens (primary N) is 1. The first-order valence-corrected chi connectivity index (χ1v) is 8.98. The lowest BCUT2D eigenvalue weighted by molar-refractivity contribution is 0.519. The van der Waals surface area contributed by atoms with Gasteiger partial charge in [-0.1, -0.05) is 11.6 Å². The van der Waals surface area contributed by atoms with Crippen LogP contribution in [0.2, 0.25) is 5.02 Å². The Morgan fingerprint density at radius 1 is 1.25 bits per heavy atom. The molecule has 0 amide bonds. The molecule has 20 heavy (non-hydrogen) atoms. The van der Waals surface area contributed by atoms with Gasteiger partial charge < -0.3 is 5.73 Å². The van der Waals surface area contributed by atoms with Crippen molar-refractivity contribution in [3.05, 3.63) is 23.2 Å². The van der Waals surface area contributed by atoms with Gasteiger partial charge in [-0.25, -0.2) is 25.9 Å². The molecule has 10 heteroatoms. The van der Waals surface area contributed by atoms with E-state index < -0.39 is 20.0 Å². The van der Waals surface area contributed by atoms with Crippen molar-refractivity contribution in [2.75, 3.05) is 32.1 Å². The Balaban J connectivity index is 2.79. The topological polar surface area (TPSA) is 110 Å². The number of nitrogens with zero attached hydrogens (tertiary/aromatic N) is 1. The fourth-order valence-corrected chi connectivity index (χ4v) is 3.30. The van der Waals surface area contributed by atoms with Gasteiger partial charge in [0.2, 0.25) is 20.0 Å². The van der Waals surface area contributed by atoms with Crippen LogP contribution in [0.4, 0.5) is 5.69 Å². The second-order valence-corrected chi connectivity index (χ2v) is 8.66. The largest absolute Gasteiger partial charge is 0.397 e. The lowest BCUT2D eigenvalue weighted by atomic mass is 10.3. The summed E-state index contributed by atoms with van der Waals surface area (Å²) in [6, 6.07) is 3.87. The predicted molar refractivity (Wildman–Crippen MR) is 78.5 cm³/mol. The summed E-state index contributed by atoms with van der Waals surface area (Å²) in [7, 11) is -4.52. The van der Waals surface area contributed by atoms with E-state index >= 15 is 0 Å². The molecule has 1 rings (SSSR count). The summed E-state index contributed by atoms with van der Waals surface area (Å²) in [6.07, 6.45) is 0. The average Bonchev–Trinajstić information content (AvgIpc) is 2.31. The minimum atomic E-state index is -3.82. The van der Waals surface area contributed by atoms with E-state index in [0.717, 1.165) is 4.31 Å². The summed E-state index contributed by atoms with van der Waals surface area (Å²) in [6.45, 7) is -0.231. The van der Waals surface area contributed by atoms with E-state index in [1.165, 1.54) is 32.3 Å². The maximum Gasteiger partial charge on any atom is 0.240 e. The molecular formula is C10H16ClN3O4S2. The van der Waals surface area contributed by atoms with Crippen LogP contribution < -0.4 is 10.5 Å². The molecule has 0 bridgehead atoms. The quantitative estimate of drug-likeness (QED) is 0.713. The van der Waals surface area contributed by atoms with Crippen LogP contribution in [0, 0.1) is 0 Å². The van der Waals surface area contributed by atoms with Crippen molar-refractivity contribution >= 4 is 37.3 Å². The summed E-state index contributed by atoms with van der Waals surface area (Å²) in [5.41, 5.74) is 5.66. The number of halogens is 1. The number of hydrogen-bond donors (Lipinski definition) is 2. The van der Waals surface area contributed by atoms with E-state index in [0.29, 0.717) is 0 Å². The van der Waals surface area contributed by atoms with Crippen molar-refractivity contribution in [1.82, 2.24) is 9.03 Å². The summed E-state index contributed by atoms with van der Waals surface area (Å²) in [4.78, 5) is -0.0679. The molecule has 0 aliphatic heterocycles. The monoisotopic (exact) mass is 341 g/mol. The minimum Gasteiger partial charge on any atom is -0.397 e. The summed E-state index contributed by atoms with van der Waals surface area (Å²) in [5.74, 6) is -0.331. The molecule has 7 nitrogen and oxygen atoms in total. The summed E-state index contributed by atoms with van der Waals surface area (Å²) >= 11 is 5.70. The van der Waals surface area contributed by atoms with Gasteiger partial charge in [-0.2, -0.15) is 0 Å². The first-order chi connectivity index (χ1) is 9.06. The zero-order valence-electron chi connectivity index (χ0n) is 11.0. The van der Waals surface area contributed by atoms with Crippen LogP contribution in [-0.2, 0) is 20.0 Å². The fraction of sp³-hybridized carbons (Fsp3) is 0.400. The van der Waals surface area contributed by atoms with E-state index in [2.05, 4.69) is 4.72 Å². The predicted octanol–water partition coefficient (Wildman–Crippen LogP) is 0.0919. The van der Waals surface area contributed by atoms with Crippen molar-refractivity contribution in [3.63, 3.8) is 0 Å². The van der Waals surface area contributed by atoms with Crippen LogP contribution in [-0.4, -0.2) is 47.5 Å². The summed E-state index contributed by atoms with van der Waals surface area (Å²) < 4.78 is 50.1. The number of benzene rings is 1. The van der Waals surface area contributed by atoms with E-state index in [1.807, 2.05) is 0 Å². The van der Waals surface area contributed by atoms with E-state index in [4.69, 9.17) is 17.3 Å². The van der Waals surface area contributed by atoms with Crippen LogP contribution in [0.1, 0.15) is 0 Å². The lowest BCUT2D eigenvalue weighted by Gasteiger charge is -2.12. The molecule has 0 saturated carbocycles. The van der Waals surface area contributed by atoms with Gasteiger partial charge in [0.25, 0.3) is 0 Å². The van der Waals surface area contributed by atoms with Crippen molar-refractivity contribution < 1.29 is 16.8 Å². The van der Waals surface area contributed by atoms with Gasteiger partial charge in [0.15, 0.2) is 0 Å². The van der Waals surface area contributed by atoms with Crippen LogP contribution in [0.5, 0.6) is 0 Å². The zero-order valence-corrected chi connectivity index (χ0v) is 13.4. The number of rotatable bonds is 6. The fourth-order valence-electron chi connectivity index (χ4n) is 1.26. The molecule has 0 unspecified atom stereocenters. The van der Waals surface area contributed by atoms with Gasteiger partial charge in [-0.15, -0.1) is 0 Å². The van der Waals surface area contributed by atoms with Crippen molar-refractivity contribution in [1.29, 1.82) is 0 Å². The Hall–Kier alpha value is -0.870. The molecule has 114 valence electrons. The Morgan fingerprint density at radius 2 is 1.85 bits per heavy atom. The number of hydrogen-bond acceptors (Lipinski definition) is 5. The Bertz CT molecular complexity index is 686. The van der Waals surface area contributed by atoms with Gasteiger partial charge in [-0.05, 0) is 18.2 Å².